The Morgan fingerprint density at radius 1 is 1.14 bits per heavy atom. The van der Waals surface area contributed by atoms with Gasteiger partial charge in [-0.25, -0.2) is 0 Å². The molecule has 0 radical (unpaired) electrons. The summed E-state index contributed by atoms with van der Waals surface area (Å²) in [4.78, 5) is 12.4. The predicted octanol–water partition coefficient (Wildman–Crippen LogP) is 4.39. The van der Waals surface area contributed by atoms with Crippen LogP contribution in [0, 0.1) is 13.8 Å². The Morgan fingerprint density at radius 3 is 2.50 bits per heavy atom. The molecule has 0 aliphatic rings. The van der Waals surface area contributed by atoms with Crippen LogP contribution < -0.4 is 10.1 Å². The van der Waals surface area contributed by atoms with Gasteiger partial charge in [-0.3, -0.25) is 9.48 Å². The Balaban J connectivity index is 1.60. The van der Waals surface area contributed by atoms with Gasteiger partial charge in [0.15, 0.2) is 6.10 Å². The van der Waals surface area contributed by atoms with E-state index in [0.29, 0.717) is 18.8 Å². The summed E-state index contributed by atoms with van der Waals surface area (Å²) in [6, 6.07) is 17.6. The zero-order chi connectivity index (χ0) is 20.1. The van der Waals surface area contributed by atoms with E-state index in [9.17, 15) is 4.79 Å². The molecule has 1 heterocycles. The number of ether oxygens (including phenoxy) is 1. The summed E-state index contributed by atoms with van der Waals surface area (Å²) in [5.74, 6) is 0.506. The molecule has 2 aromatic carbocycles. The molecular weight excluding hydrogens is 418 g/mol. The van der Waals surface area contributed by atoms with Gasteiger partial charge in [-0.2, -0.15) is 5.10 Å². The van der Waals surface area contributed by atoms with E-state index in [1.54, 1.807) is 6.92 Å². The fraction of sp³-hybridized carbons (Fsp3) is 0.273. The lowest BCUT2D eigenvalue weighted by Crippen LogP contribution is -2.36. The molecule has 0 saturated heterocycles. The van der Waals surface area contributed by atoms with Crippen LogP contribution in [0.1, 0.15) is 29.4 Å². The first-order chi connectivity index (χ1) is 13.4. The van der Waals surface area contributed by atoms with E-state index < -0.39 is 6.10 Å². The Hall–Kier alpha value is -2.60. The van der Waals surface area contributed by atoms with Gasteiger partial charge in [0.05, 0.1) is 12.2 Å². The Kier molecular flexibility index (Phi) is 6.52. The van der Waals surface area contributed by atoms with Gasteiger partial charge in [0.2, 0.25) is 0 Å². The molecule has 1 N–H and O–H groups in total. The molecule has 5 nitrogen and oxygen atoms in total. The number of nitrogens with one attached hydrogen (secondary N) is 1. The molecule has 0 saturated carbocycles. The van der Waals surface area contributed by atoms with Crippen LogP contribution in [-0.4, -0.2) is 21.8 Å². The molecule has 3 rings (SSSR count). The van der Waals surface area contributed by atoms with Crippen LogP contribution in [0.15, 0.2) is 59.1 Å². The van der Waals surface area contributed by atoms with Crippen LogP contribution in [-0.2, 0) is 17.9 Å². The third kappa shape index (κ3) is 5.01. The Morgan fingerprint density at radius 2 is 1.82 bits per heavy atom. The highest BCUT2D eigenvalue weighted by atomic mass is 79.9. The van der Waals surface area contributed by atoms with E-state index in [4.69, 9.17) is 4.74 Å². The molecule has 1 aromatic heterocycles. The van der Waals surface area contributed by atoms with E-state index in [0.717, 1.165) is 21.4 Å². The highest BCUT2D eigenvalue weighted by Crippen LogP contribution is 2.18. The number of carbonyl (C=O) groups is 1. The second-order valence-corrected chi connectivity index (χ2v) is 7.64. The van der Waals surface area contributed by atoms with E-state index in [2.05, 4.69) is 38.5 Å². The lowest BCUT2D eigenvalue weighted by Gasteiger charge is -2.15. The van der Waals surface area contributed by atoms with Gasteiger partial charge in [0, 0.05) is 22.3 Å². The number of hydrogen-bond donors (Lipinski definition) is 1. The summed E-state index contributed by atoms with van der Waals surface area (Å²) < 4.78 is 8.66. The zero-order valence-corrected chi connectivity index (χ0v) is 17.9. The molecule has 0 unspecified atom stereocenters. The SMILES string of the molecule is Cc1nn(Cc2ccccc2)c(C)c1CNC(=O)[C@@H](C)Oc1ccc(Br)cc1. The second kappa shape index (κ2) is 9.06. The first-order valence-electron chi connectivity index (χ1n) is 9.21. The van der Waals surface area contributed by atoms with Gasteiger partial charge in [0.1, 0.15) is 5.75 Å². The van der Waals surface area contributed by atoms with Crippen molar-refractivity contribution in [3.8, 4) is 5.75 Å². The highest BCUT2D eigenvalue weighted by Gasteiger charge is 2.17. The maximum atomic E-state index is 12.4. The quantitative estimate of drug-likeness (QED) is 0.591. The summed E-state index contributed by atoms with van der Waals surface area (Å²) in [5, 5.41) is 7.60. The van der Waals surface area contributed by atoms with Gasteiger partial charge < -0.3 is 10.1 Å². The van der Waals surface area contributed by atoms with Gasteiger partial charge in [-0.05, 0) is 50.6 Å². The largest absolute Gasteiger partial charge is 0.481 e. The fourth-order valence-electron chi connectivity index (χ4n) is 2.99. The average molecular weight is 442 g/mol. The van der Waals surface area contributed by atoms with Gasteiger partial charge in [-0.15, -0.1) is 0 Å². The number of amides is 1. The fourth-order valence-corrected chi connectivity index (χ4v) is 3.25. The first-order valence-corrected chi connectivity index (χ1v) is 10.00. The van der Waals surface area contributed by atoms with Crippen molar-refractivity contribution < 1.29 is 9.53 Å². The van der Waals surface area contributed by atoms with Crippen molar-refractivity contribution in [2.75, 3.05) is 0 Å². The lowest BCUT2D eigenvalue weighted by atomic mass is 10.2. The molecule has 6 heteroatoms. The van der Waals surface area contributed by atoms with Crippen LogP contribution in [0.3, 0.4) is 0 Å². The number of benzene rings is 2. The summed E-state index contributed by atoms with van der Waals surface area (Å²) in [6.07, 6.45) is -0.582. The minimum atomic E-state index is -0.582. The van der Waals surface area contributed by atoms with Gasteiger partial charge in [-0.1, -0.05) is 46.3 Å². The third-order valence-corrected chi connectivity index (χ3v) is 5.17. The van der Waals surface area contributed by atoms with Crippen LogP contribution in [0.25, 0.3) is 0 Å². The van der Waals surface area contributed by atoms with E-state index >= 15 is 0 Å². The summed E-state index contributed by atoms with van der Waals surface area (Å²) in [6.45, 7) is 6.89. The Bertz CT molecular complexity index is 936. The average Bonchev–Trinajstić information content (AvgIpc) is 2.95. The van der Waals surface area contributed by atoms with Crippen molar-refractivity contribution in [2.45, 2.75) is 40.0 Å². The normalized spacial score (nSPS) is 11.9. The van der Waals surface area contributed by atoms with Crippen LogP contribution in [0.4, 0.5) is 0 Å². The molecule has 0 fully saturated rings. The van der Waals surface area contributed by atoms with Crippen molar-refractivity contribution in [3.05, 3.63) is 81.6 Å². The van der Waals surface area contributed by atoms with Gasteiger partial charge in [0.25, 0.3) is 5.91 Å². The van der Waals surface area contributed by atoms with Crippen molar-refractivity contribution in [1.82, 2.24) is 15.1 Å². The van der Waals surface area contributed by atoms with Crippen molar-refractivity contribution >= 4 is 21.8 Å². The zero-order valence-electron chi connectivity index (χ0n) is 16.3. The number of halogens is 1. The number of carbonyl (C=O) groups excluding carboxylic acids is 1. The van der Waals surface area contributed by atoms with Crippen LogP contribution >= 0.6 is 15.9 Å². The van der Waals surface area contributed by atoms with Crippen molar-refractivity contribution in [2.24, 2.45) is 0 Å². The molecule has 0 aliphatic heterocycles. The maximum Gasteiger partial charge on any atom is 0.261 e. The minimum Gasteiger partial charge on any atom is -0.481 e. The topological polar surface area (TPSA) is 56.2 Å². The summed E-state index contributed by atoms with van der Waals surface area (Å²) in [7, 11) is 0. The van der Waals surface area contributed by atoms with Crippen molar-refractivity contribution in [1.29, 1.82) is 0 Å². The predicted molar refractivity (Wildman–Crippen MR) is 113 cm³/mol. The molecule has 0 spiro atoms. The van der Waals surface area contributed by atoms with Crippen LogP contribution in [0.2, 0.25) is 0 Å². The minimum absolute atomic E-state index is 0.155. The van der Waals surface area contributed by atoms with Crippen molar-refractivity contribution in [3.63, 3.8) is 0 Å². The smallest absolute Gasteiger partial charge is 0.261 e. The van der Waals surface area contributed by atoms with Gasteiger partial charge >= 0.3 is 0 Å². The number of aromatic nitrogens is 2. The highest BCUT2D eigenvalue weighted by molar-refractivity contribution is 9.10. The molecule has 146 valence electrons. The maximum absolute atomic E-state index is 12.4. The molecular formula is C22H24BrN3O2. The van der Waals surface area contributed by atoms with E-state index in [-0.39, 0.29) is 5.91 Å². The molecule has 0 aliphatic carbocycles. The first kappa shape index (κ1) is 20.1. The third-order valence-electron chi connectivity index (χ3n) is 4.64. The lowest BCUT2D eigenvalue weighted by molar-refractivity contribution is -0.127. The number of aryl methyl sites for hydroxylation is 1. The molecule has 3 aromatic rings. The standard InChI is InChI=1S/C22H24BrN3O2/c1-15-21(16(2)26(25-15)14-18-7-5-4-6-8-18)13-24-22(27)17(3)28-20-11-9-19(23)10-12-20/h4-12,17H,13-14H2,1-3H3,(H,24,27)/t17-/m1/s1. The summed E-state index contributed by atoms with van der Waals surface area (Å²) >= 11 is 3.38. The van der Waals surface area contributed by atoms with E-state index in [1.165, 1.54) is 5.56 Å². The number of hydrogen-bond acceptors (Lipinski definition) is 3. The number of rotatable bonds is 7. The second-order valence-electron chi connectivity index (χ2n) is 6.72. The molecule has 1 atom stereocenters. The van der Waals surface area contributed by atoms with Crippen LogP contribution in [0.5, 0.6) is 5.75 Å². The van der Waals surface area contributed by atoms with E-state index in [1.807, 2.05) is 61.0 Å². The molecule has 28 heavy (non-hydrogen) atoms. The Labute approximate surface area is 173 Å². The molecule has 0 bridgehead atoms. The monoisotopic (exact) mass is 441 g/mol. The summed E-state index contributed by atoms with van der Waals surface area (Å²) in [5.41, 5.74) is 4.22. The number of nitrogens with zero attached hydrogens (tertiary/aromatic N) is 2. The molecule has 1 amide bonds.